The zero-order valence-corrected chi connectivity index (χ0v) is 31.8. The summed E-state index contributed by atoms with van der Waals surface area (Å²) in [6, 6.07) is 45.2. The number of hydrogen-bond donors (Lipinski definition) is 0. The molecule has 1 saturated heterocycles. The van der Waals surface area contributed by atoms with Crippen LogP contribution in [0.1, 0.15) is 46.3 Å². The Morgan fingerprint density at radius 3 is 1.56 bits per heavy atom. The third kappa shape index (κ3) is 4.62. The van der Waals surface area contributed by atoms with Gasteiger partial charge < -0.3 is 0 Å². The van der Waals surface area contributed by atoms with E-state index in [-0.39, 0.29) is 0 Å². The number of benzene rings is 5. The van der Waals surface area contributed by atoms with Crippen LogP contribution in [0.2, 0.25) is 22.0 Å². The molecule has 0 amide bonds. The molecule has 2 unspecified atom stereocenters. The third-order valence-electron chi connectivity index (χ3n) is 11.3. The van der Waals surface area contributed by atoms with Crippen LogP contribution in [-0.4, -0.2) is 8.07 Å². The number of aryl methyl sites for hydroxylation is 3. The summed E-state index contributed by atoms with van der Waals surface area (Å²) in [4.78, 5) is 0. The van der Waals surface area contributed by atoms with E-state index in [2.05, 4.69) is 157 Å². The van der Waals surface area contributed by atoms with Crippen molar-refractivity contribution in [2.24, 2.45) is 0 Å². The van der Waals surface area contributed by atoms with Crippen LogP contribution in [0, 0.1) is 13.8 Å². The zero-order chi connectivity index (χ0) is 30.9. The molecule has 0 saturated carbocycles. The third-order valence-corrected chi connectivity index (χ3v) is 33.2. The molecule has 45 heavy (non-hydrogen) atoms. The molecule has 5 aromatic rings. The van der Waals surface area contributed by atoms with Gasteiger partial charge in [0.25, 0.3) is 0 Å². The van der Waals surface area contributed by atoms with Gasteiger partial charge in [0, 0.05) is 0 Å². The molecule has 222 valence electrons. The number of hydrogen-bond acceptors (Lipinski definition) is 0. The summed E-state index contributed by atoms with van der Waals surface area (Å²) >= 11 is -3.10. The molecule has 0 aromatic heterocycles. The number of rotatable bonds is 5. The van der Waals surface area contributed by atoms with E-state index in [1.54, 1.807) is 11.1 Å². The molecule has 2 aliphatic carbocycles. The van der Waals surface area contributed by atoms with E-state index in [0.29, 0.717) is 7.35 Å². The fourth-order valence-corrected chi connectivity index (χ4v) is 41.4. The van der Waals surface area contributed by atoms with Crippen LogP contribution in [0.5, 0.6) is 0 Å². The first-order chi connectivity index (χ1) is 21.8. The molecule has 0 radical (unpaired) electrons. The Bertz CT molecular complexity index is 1910. The summed E-state index contributed by atoms with van der Waals surface area (Å²) < 4.78 is 6.86. The minimum absolute atomic E-state index is 0.639. The van der Waals surface area contributed by atoms with Gasteiger partial charge in [0.05, 0.1) is 0 Å². The molecule has 5 aromatic carbocycles. The van der Waals surface area contributed by atoms with Crippen molar-refractivity contribution in [2.45, 2.75) is 49.6 Å². The second kappa shape index (κ2) is 10.9. The van der Waals surface area contributed by atoms with Gasteiger partial charge in [-0.25, -0.2) is 0 Å². The predicted molar refractivity (Wildman–Crippen MR) is 193 cm³/mol. The summed E-state index contributed by atoms with van der Waals surface area (Å²) in [6.45, 7) is 7.18. The molecule has 1 aliphatic heterocycles. The molecular formula is C43H42HfSi. The second-order valence-electron chi connectivity index (χ2n) is 14.6. The van der Waals surface area contributed by atoms with Crippen molar-refractivity contribution in [1.82, 2.24) is 0 Å². The Hall–Kier alpha value is -3.33. The Balaban J connectivity index is 1.34. The van der Waals surface area contributed by atoms with Crippen LogP contribution in [0.4, 0.5) is 0 Å². The molecule has 3 aliphatic rings. The quantitative estimate of drug-likeness (QED) is 0.156. The minimum atomic E-state index is -3.10. The Morgan fingerprint density at radius 1 is 0.578 bits per heavy atom. The molecule has 2 atom stereocenters. The maximum absolute atomic E-state index is 3.10. The SMILES string of the molecule is Cc1cccc(-c2cccc3c2C=C2[CH]3[Hf]([CH3])([CH3])[CH]3C(=Cc4c(-c5cccc(C)c5)cccc43)[Si]2(C)CCc2ccccc2)c1. The molecule has 0 nitrogen and oxygen atoms in total. The molecule has 0 N–H and O–H groups in total. The normalized spacial score (nSPS) is 22.2. The first-order valence-corrected chi connectivity index (χ1v) is 30.7. The Kier molecular flexibility index (Phi) is 7.04. The Labute approximate surface area is 274 Å². The Morgan fingerprint density at radius 2 is 1.07 bits per heavy atom. The topological polar surface area (TPSA) is 0 Å². The first kappa shape index (κ1) is 29.1. The van der Waals surface area contributed by atoms with E-state index in [1.165, 1.54) is 56.1 Å². The van der Waals surface area contributed by atoms with Gasteiger partial charge in [-0.1, -0.05) is 0 Å². The van der Waals surface area contributed by atoms with Gasteiger partial charge in [-0.3, -0.25) is 0 Å². The van der Waals surface area contributed by atoms with Gasteiger partial charge in [-0.2, -0.15) is 0 Å². The van der Waals surface area contributed by atoms with Crippen molar-refractivity contribution in [3.63, 3.8) is 0 Å². The molecular weight excluding hydrogens is 723 g/mol. The van der Waals surface area contributed by atoms with E-state index in [0.717, 1.165) is 6.42 Å². The van der Waals surface area contributed by atoms with Gasteiger partial charge in [0.15, 0.2) is 0 Å². The summed E-state index contributed by atoms with van der Waals surface area (Å²) in [5.74, 6) is 0. The van der Waals surface area contributed by atoms with Crippen molar-refractivity contribution < 1.29 is 20.0 Å². The van der Waals surface area contributed by atoms with Crippen molar-refractivity contribution in [2.75, 3.05) is 0 Å². The van der Waals surface area contributed by atoms with E-state index in [9.17, 15) is 0 Å². The predicted octanol–water partition coefficient (Wildman–Crippen LogP) is 11.9. The van der Waals surface area contributed by atoms with Crippen molar-refractivity contribution in [3.05, 3.63) is 165 Å². The van der Waals surface area contributed by atoms with Crippen LogP contribution in [-0.2, 0) is 26.4 Å². The standard InChI is InChI=1S/C41H36Si.2CH3.Hf/c1-29-11-7-15-32(23-29)38-19-9-17-34-25-36(27-40(34)38)42(3,22-21-31-13-5-4-6-14-31)37-26-35-18-10-20-39(41(35)28-37)33-16-8-12-30(2)24-33;;;/h4-20,23-28H,21-22H2,1-3H3;2*1H3;. The molecule has 1 fully saturated rings. The summed E-state index contributed by atoms with van der Waals surface area (Å²) in [7, 11) is -2.06. The van der Waals surface area contributed by atoms with Gasteiger partial charge in [0.1, 0.15) is 0 Å². The van der Waals surface area contributed by atoms with Crippen LogP contribution in [0.25, 0.3) is 34.4 Å². The molecule has 1 heterocycles. The monoisotopic (exact) mass is 766 g/mol. The molecule has 2 heteroatoms. The average molecular weight is 765 g/mol. The fourth-order valence-electron chi connectivity index (χ4n) is 9.15. The summed E-state index contributed by atoms with van der Waals surface area (Å²) in [6.07, 6.45) is 6.62. The zero-order valence-electron chi connectivity index (χ0n) is 27.2. The molecule has 0 bridgehead atoms. The first-order valence-electron chi connectivity index (χ1n) is 16.6. The van der Waals surface area contributed by atoms with Crippen LogP contribution >= 0.6 is 0 Å². The number of allylic oxidation sites excluding steroid dienone is 2. The second-order valence-corrected chi connectivity index (χ2v) is 36.1. The fraction of sp³-hybridized carbons (Fsp3) is 0.209. The van der Waals surface area contributed by atoms with E-state index in [4.69, 9.17) is 0 Å². The summed E-state index contributed by atoms with van der Waals surface area (Å²) in [5.41, 5.74) is 16.0. The van der Waals surface area contributed by atoms with Crippen molar-refractivity contribution >= 4 is 20.2 Å². The van der Waals surface area contributed by atoms with Crippen molar-refractivity contribution in [1.29, 1.82) is 0 Å². The summed E-state index contributed by atoms with van der Waals surface area (Å²) in [5, 5.41) is 3.68. The van der Waals surface area contributed by atoms with E-state index in [1.807, 2.05) is 10.4 Å². The van der Waals surface area contributed by atoms with Gasteiger partial charge in [-0.15, -0.1) is 0 Å². The van der Waals surface area contributed by atoms with E-state index < -0.39 is 28.0 Å². The van der Waals surface area contributed by atoms with Crippen LogP contribution in [0.15, 0.2) is 126 Å². The van der Waals surface area contributed by atoms with Crippen LogP contribution in [0.3, 0.4) is 0 Å². The molecule has 8 rings (SSSR count). The molecule has 0 spiro atoms. The van der Waals surface area contributed by atoms with Gasteiger partial charge in [0.2, 0.25) is 0 Å². The average Bonchev–Trinajstić information content (AvgIpc) is 3.65. The van der Waals surface area contributed by atoms with E-state index >= 15 is 0 Å². The van der Waals surface area contributed by atoms with Crippen LogP contribution < -0.4 is 0 Å². The van der Waals surface area contributed by atoms with Gasteiger partial charge in [-0.05, 0) is 0 Å². The number of fused-ring (bicyclic) bond motifs is 6. The van der Waals surface area contributed by atoms with Crippen molar-refractivity contribution in [3.8, 4) is 22.3 Å². The maximum atomic E-state index is 2.79. The van der Waals surface area contributed by atoms with Gasteiger partial charge >= 0.3 is 277 Å².